The van der Waals surface area contributed by atoms with Gasteiger partial charge in [-0.15, -0.1) is 0 Å². The van der Waals surface area contributed by atoms with Crippen LogP contribution in [0.1, 0.15) is 37.0 Å². The highest BCUT2D eigenvalue weighted by atomic mass is 16.5. The van der Waals surface area contributed by atoms with Gasteiger partial charge in [-0.2, -0.15) is 0 Å². The Morgan fingerprint density at radius 2 is 1.72 bits per heavy atom. The quantitative estimate of drug-likeness (QED) is 0.551. The molecule has 0 aliphatic carbocycles. The van der Waals surface area contributed by atoms with E-state index < -0.39 is 0 Å². The number of Topliss-reactive ketones (excluding diaryl/α,β-unsaturated/α-hetero) is 1. The maximum Gasteiger partial charge on any atom is 0.224 e. The SMILES string of the molecule is CCOc1ccccc1NC(=O)CCCOc1ccc(C(C)=O)cc1. The largest absolute Gasteiger partial charge is 0.494 e. The molecule has 5 heteroatoms. The molecule has 0 heterocycles. The number of carbonyl (C=O) groups excluding carboxylic acids is 2. The number of anilines is 1. The van der Waals surface area contributed by atoms with E-state index in [0.29, 0.717) is 48.8 Å². The molecule has 2 aromatic carbocycles. The molecule has 1 N–H and O–H groups in total. The first-order valence-corrected chi connectivity index (χ1v) is 8.35. The lowest BCUT2D eigenvalue weighted by molar-refractivity contribution is -0.116. The molecule has 132 valence electrons. The summed E-state index contributed by atoms with van der Waals surface area (Å²) in [5, 5.41) is 2.86. The van der Waals surface area contributed by atoms with Crippen molar-refractivity contribution in [2.24, 2.45) is 0 Å². The summed E-state index contributed by atoms with van der Waals surface area (Å²) in [4.78, 5) is 23.3. The van der Waals surface area contributed by atoms with E-state index in [1.165, 1.54) is 6.92 Å². The Labute approximate surface area is 148 Å². The van der Waals surface area contributed by atoms with Gasteiger partial charge in [-0.25, -0.2) is 0 Å². The van der Waals surface area contributed by atoms with E-state index in [-0.39, 0.29) is 11.7 Å². The van der Waals surface area contributed by atoms with Crippen molar-refractivity contribution in [1.82, 2.24) is 0 Å². The minimum absolute atomic E-state index is 0.0237. The fourth-order valence-corrected chi connectivity index (χ4v) is 2.27. The van der Waals surface area contributed by atoms with Gasteiger partial charge in [0.05, 0.1) is 18.9 Å². The van der Waals surface area contributed by atoms with Crippen molar-refractivity contribution < 1.29 is 19.1 Å². The van der Waals surface area contributed by atoms with Crippen LogP contribution in [0.4, 0.5) is 5.69 Å². The summed E-state index contributed by atoms with van der Waals surface area (Å²) in [6.45, 7) is 4.40. The van der Waals surface area contributed by atoms with Crippen LogP contribution in [0.5, 0.6) is 11.5 Å². The number of rotatable bonds is 9. The maximum absolute atomic E-state index is 12.0. The highest BCUT2D eigenvalue weighted by Crippen LogP contribution is 2.23. The van der Waals surface area contributed by atoms with Gasteiger partial charge in [0.1, 0.15) is 11.5 Å². The van der Waals surface area contributed by atoms with Crippen molar-refractivity contribution in [1.29, 1.82) is 0 Å². The standard InChI is InChI=1S/C20H23NO4/c1-3-24-19-8-5-4-7-18(19)21-20(23)9-6-14-25-17-12-10-16(11-13-17)15(2)22/h4-5,7-8,10-13H,3,6,9,14H2,1-2H3,(H,21,23). The lowest BCUT2D eigenvalue weighted by Crippen LogP contribution is -2.13. The van der Waals surface area contributed by atoms with Crippen molar-refractivity contribution in [2.45, 2.75) is 26.7 Å². The molecule has 5 nitrogen and oxygen atoms in total. The van der Waals surface area contributed by atoms with Crippen molar-refractivity contribution >= 4 is 17.4 Å². The predicted octanol–water partition coefficient (Wildman–Crippen LogP) is 4.09. The number of amides is 1. The van der Waals surface area contributed by atoms with Crippen LogP contribution in [-0.4, -0.2) is 24.9 Å². The average molecular weight is 341 g/mol. The summed E-state index contributed by atoms with van der Waals surface area (Å²) in [6.07, 6.45) is 0.948. The Kier molecular flexibility index (Phi) is 7.01. The van der Waals surface area contributed by atoms with E-state index in [9.17, 15) is 9.59 Å². The second-order valence-electron chi connectivity index (χ2n) is 5.51. The van der Waals surface area contributed by atoms with Crippen molar-refractivity contribution in [2.75, 3.05) is 18.5 Å². The van der Waals surface area contributed by atoms with Gasteiger partial charge in [0.2, 0.25) is 5.91 Å². The molecule has 0 aliphatic rings. The lowest BCUT2D eigenvalue weighted by atomic mass is 10.1. The van der Waals surface area contributed by atoms with Gasteiger partial charge in [-0.3, -0.25) is 9.59 Å². The van der Waals surface area contributed by atoms with Crippen LogP contribution in [0.3, 0.4) is 0 Å². The normalized spacial score (nSPS) is 10.2. The molecule has 0 aliphatic heterocycles. The molecule has 0 fully saturated rings. The number of nitrogens with one attached hydrogen (secondary N) is 1. The van der Waals surface area contributed by atoms with Gasteiger partial charge < -0.3 is 14.8 Å². The van der Waals surface area contributed by atoms with Crippen LogP contribution in [0.2, 0.25) is 0 Å². The molecule has 0 unspecified atom stereocenters. The van der Waals surface area contributed by atoms with Crippen molar-refractivity contribution in [3.63, 3.8) is 0 Å². The average Bonchev–Trinajstić information content (AvgIpc) is 2.61. The number of carbonyl (C=O) groups is 2. The van der Waals surface area contributed by atoms with E-state index >= 15 is 0 Å². The molecule has 0 aromatic heterocycles. The lowest BCUT2D eigenvalue weighted by Gasteiger charge is -2.11. The monoisotopic (exact) mass is 341 g/mol. The van der Waals surface area contributed by atoms with E-state index in [4.69, 9.17) is 9.47 Å². The van der Waals surface area contributed by atoms with Crippen LogP contribution in [-0.2, 0) is 4.79 Å². The topological polar surface area (TPSA) is 64.6 Å². The third-order valence-electron chi connectivity index (χ3n) is 3.54. The summed E-state index contributed by atoms with van der Waals surface area (Å²) in [7, 11) is 0. The van der Waals surface area contributed by atoms with Crippen LogP contribution >= 0.6 is 0 Å². The molecule has 0 saturated carbocycles. The number of para-hydroxylation sites is 2. The van der Waals surface area contributed by atoms with E-state index in [1.54, 1.807) is 24.3 Å². The number of benzene rings is 2. The Morgan fingerprint density at radius 3 is 2.40 bits per heavy atom. The molecular formula is C20H23NO4. The van der Waals surface area contributed by atoms with Gasteiger partial charge >= 0.3 is 0 Å². The molecule has 0 bridgehead atoms. The zero-order valence-electron chi connectivity index (χ0n) is 14.6. The van der Waals surface area contributed by atoms with E-state index in [0.717, 1.165) is 0 Å². The first kappa shape index (κ1) is 18.5. The number of hydrogen-bond acceptors (Lipinski definition) is 4. The van der Waals surface area contributed by atoms with Crippen molar-refractivity contribution in [3.8, 4) is 11.5 Å². The first-order valence-electron chi connectivity index (χ1n) is 8.35. The fourth-order valence-electron chi connectivity index (χ4n) is 2.27. The summed E-state index contributed by atoms with van der Waals surface area (Å²) in [5.74, 6) is 1.30. The zero-order chi connectivity index (χ0) is 18.1. The van der Waals surface area contributed by atoms with Gasteiger partial charge in [0.25, 0.3) is 0 Å². The fraction of sp³-hybridized carbons (Fsp3) is 0.300. The maximum atomic E-state index is 12.0. The van der Waals surface area contributed by atoms with Gasteiger partial charge in [0, 0.05) is 12.0 Å². The highest BCUT2D eigenvalue weighted by molar-refractivity contribution is 5.94. The number of hydrogen-bond donors (Lipinski definition) is 1. The number of ketones is 1. The number of ether oxygens (including phenoxy) is 2. The molecule has 0 spiro atoms. The molecule has 2 aromatic rings. The van der Waals surface area contributed by atoms with E-state index in [1.807, 2.05) is 31.2 Å². The van der Waals surface area contributed by atoms with Crippen LogP contribution in [0, 0.1) is 0 Å². The summed E-state index contributed by atoms with van der Waals surface area (Å²) in [5.41, 5.74) is 1.33. The predicted molar refractivity (Wildman–Crippen MR) is 97.4 cm³/mol. The van der Waals surface area contributed by atoms with E-state index in [2.05, 4.69) is 5.32 Å². The van der Waals surface area contributed by atoms with Gasteiger partial charge in [0.15, 0.2) is 5.78 Å². The van der Waals surface area contributed by atoms with Gasteiger partial charge in [-0.1, -0.05) is 12.1 Å². The molecular weight excluding hydrogens is 318 g/mol. The second kappa shape index (κ2) is 9.47. The second-order valence-corrected chi connectivity index (χ2v) is 5.51. The van der Waals surface area contributed by atoms with Crippen LogP contribution < -0.4 is 14.8 Å². The minimum Gasteiger partial charge on any atom is -0.494 e. The third-order valence-corrected chi connectivity index (χ3v) is 3.54. The first-order chi connectivity index (χ1) is 12.1. The Bertz CT molecular complexity index is 710. The zero-order valence-corrected chi connectivity index (χ0v) is 14.6. The summed E-state index contributed by atoms with van der Waals surface area (Å²) in [6, 6.07) is 14.3. The summed E-state index contributed by atoms with van der Waals surface area (Å²) < 4.78 is 11.1. The third kappa shape index (κ3) is 5.95. The molecule has 0 radical (unpaired) electrons. The molecule has 1 amide bonds. The molecule has 2 rings (SSSR count). The van der Waals surface area contributed by atoms with Crippen LogP contribution in [0.15, 0.2) is 48.5 Å². The van der Waals surface area contributed by atoms with Crippen molar-refractivity contribution in [3.05, 3.63) is 54.1 Å². The minimum atomic E-state index is -0.0809. The Balaban J connectivity index is 1.74. The van der Waals surface area contributed by atoms with Crippen LogP contribution in [0.25, 0.3) is 0 Å². The molecule has 25 heavy (non-hydrogen) atoms. The smallest absolute Gasteiger partial charge is 0.224 e. The molecule has 0 saturated heterocycles. The highest BCUT2D eigenvalue weighted by Gasteiger charge is 2.07. The Morgan fingerprint density at radius 1 is 1.00 bits per heavy atom. The summed E-state index contributed by atoms with van der Waals surface area (Å²) >= 11 is 0. The Hall–Kier alpha value is -2.82. The van der Waals surface area contributed by atoms with Gasteiger partial charge in [-0.05, 0) is 56.7 Å². The molecule has 0 atom stereocenters.